The van der Waals surface area contributed by atoms with Gasteiger partial charge in [-0.2, -0.15) is 5.26 Å². The number of hydrogen-bond acceptors (Lipinski definition) is 10. The number of pyridine rings is 1. The minimum absolute atomic E-state index is 0.00169. The predicted molar refractivity (Wildman–Crippen MR) is 151 cm³/mol. The van der Waals surface area contributed by atoms with Crippen LogP contribution in [0, 0.1) is 11.3 Å². The van der Waals surface area contributed by atoms with E-state index in [0.29, 0.717) is 73.7 Å². The summed E-state index contributed by atoms with van der Waals surface area (Å²) in [6.45, 7) is 6.44. The molecule has 0 unspecified atom stereocenters. The van der Waals surface area contributed by atoms with Crippen molar-refractivity contribution >= 4 is 24.0 Å². The minimum atomic E-state index is -0.416. The van der Waals surface area contributed by atoms with Gasteiger partial charge in [-0.1, -0.05) is 18.6 Å². The molecule has 0 spiro atoms. The third-order valence-corrected chi connectivity index (χ3v) is 6.68. The maximum Gasteiger partial charge on any atom is 0.327 e. The SMILES string of the molecule is CC/C=C/C(C#N)=C(\C=C(/C)NC(=O)N1CCCc2cc(CN3CCN(C)CC3=O)c(C=O)nc21)NCCONO. The van der Waals surface area contributed by atoms with Gasteiger partial charge in [0.25, 0.3) is 0 Å². The number of urea groups is 1. The molecule has 0 aliphatic carbocycles. The molecule has 1 aromatic heterocycles. The smallest absolute Gasteiger partial charge is 0.327 e. The van der Waals surface area contributed by atoms with E-state index in [1.54, 1.807) is 29.6 Å². The summed E-state index contributed by atoms with van der Waals surface area (Å²) >= 11 is 0. The molecule has 4 N–H and O–H groups in total. The molecule has 2 aliphatic heterocycles. The second-order valence-corrected chi connectivity index (χ2v) is 9.82. The third-order valence-electron chi connectivity index (χ3n) is 6.68. The summed E-state index contributed by atoms with van der Waals surface area (Å²) in [7, 11) is 1.90. The van der Waals surface area contributed by atoms with E-state index in [0.717, 1.165) is 18.5 Å². The average Bonchev–Trinajstić information content (AvgIpc) is 2.96. The van der Waals surface area contributed by atoms with E-state index in [1.165, 1.54) is 4.90 Å². The molecule has 0 radical (unpaired) electrons. The Bertz CT molecular complexity index is 1250. The summed E-state index contributed by atoms with van der Waals surface area (Å²) in [5.74, 6) is 0.421. The molecule has 220 valence electrons. The Morgan fingerprint density at radius 1 is 1.32 bits per heavy atom. The normalized spacial score (nSPS) is 16.8. The minimum Gasteiger partial charge on any atom is -0.382 e. The van der Waals surface area contributed by atoms with Gasteiger partial charge in [0.2, 0.25) is 5.91 Å². The molecule has 3 rings (SSSR count). The van der Waals surface area contributed by atoms with Crippen molar-refractivity contribution in [1.29, 1.82) is 5.26 Å². The summed E-state index contributed by atoms with van der Waals surface area (Å²) < 4.78 is 0. The number of fused-ring (bicyclic) bond motifs is 1. The summed E-state index contributed by atoms with van der Waals surface area (Å²) in [4.78, 5) is 52.3. The van der Waals surface area contributed by atoms with E-state index >= 15 is 0 Å². The fourth-order valence-corrected chi connectivity index (χ4v) is 4.60. The van der Waals surface area contributed by atoms with Gasteiger partial charge in [-0.25, -0.2) is 9.78 Å². The highest BCUT2D eigenvalue weighted by Crippen LogP contribution is 2.28. The van der Waals surface area contributed by atoms with E-state index in [-0.39, 0.29) is 24.8 Å². The Labute approximate surface area is 240 Å². The van der Waals surface area contributed by atoms with E-state index in [4.69, 9.17) is 10.0 Å². The van der Waals surface area contributed by atoms with E-state index < -0.39 is 6.03 Å². The van der Waals surface area contributed by atoms with Gasteiger partial charge in [-0.3, -0.25) is 29.4 Å². The summed E-state index contributed by atoms with van der Waals surface area (Å²) in [5, 5.41) is 24.2. The summed E-state index contributed by atoms with van der Waals surface area (Å²) in [5.41, 5.74) is 4.63. The fraction of sp³-hybridized carbons (Fsp3) is 0.464. The second-order valence-electron chi connectivity index (χ2n) is 9.82. The van der Waals surface area contributed by atoms with Crippen molar-refractivity contribution in [1.82, 2.24) is 31.1 Å². The Morgan fingerprint density at radius 2 is 2.12 bits per heavy atom. The zero-order valence-corrected chi connectivity index (χ0v) is 23.8. The largest absolute Gasteiger partial charge is 0.382 e. The number of likely N-dealkylation sites (N-methyl/N-ethyl adjacent to an activating group) is 1. The maximum absolute atomic E-state index is 13.4. The quantitative estimate of drug-likeness (QED) is 0.0964. The van der Waals surface area contributed by atoms with Crippen molar-refractivity contribution in [2.24, 2.45) is 0 Å². The van der Waals surface area contributed by atoms with Gasteiger partial charge in [0.1, 0.15) is 17.6 Å². The molecular formula is C28H38N8O5. The molecule has 13 nitrogen and oxygen atoms in total. The standard InChI is InChI=1S/C28H38N8O5/c1-4-5-7-22(16-29)24(30-9-13-41-33-40)14-20(2)31-28(39)36-10-6-8-21-15-23(25(19-37)32-27(21)36)17-35-12-11-34(3)18-26(35)38/h5,7,14-15,19,30,33,40H,4,6,8-13,17-18H2,1-3H3,(H,31,39)/b7-5+,20-14+,24-22-. The number of hydrogen-bond donors (Lipinski definition) is 4. The Hall–Kier alpha value is -4.09. The topological polar surface area (TPSA) is 163 Å². The lowest BCUT2D eigenvalue weighted by molar-refractivity contribution is -0.136. The van der Waals surface area contributed by atoms with Crippen molar-refractivity contribution in [3.05, 3.63) is 58.1 Å². The molecule has 1 aromatic rings. The summed E-state index contributed by atoms with van der Waals surface area (Å²) in [6.07, 6.45) is 8.00. The van der Waals surface area contributed by atoms with Gasteiger partial charge < -0.3 is 15.5 Å². The number of carbonyl (C=O) groups excluding carboxylic acids is 3. The molecule has 13 heteroatoms. The van der Waals surface area contributed by atoms with Crippen LogP contribution < -0.4 is 21.2 Å². The lowest BCUT2D eigenvalue weighted by Crippen LogP contribution is -2.48. The highest BCUT2D eigenvalue weighted by atomic mass is 16.8. The highest BCUT2D eigenvalue weighted by molar-refractivity contribution is 5.94. The Kier molecular flexibility index (Phi) is 12.0. The van der Waals surface area contributed by atoms with Crippen LogP contribution in [0.5, 0.6) is 0 Å². The molecule has 1 fully saturated rings. The number of rotatable bonds is 12. The first-order valence-corrected chi connectivity index (χ1v) is 13.6. The monoisotopic (exact) mass is 566 g/mol. The van der Waals surface area contributed by atoms with Crippen LogP contribution in [-0.4, -0.2) is 84.6 Å². The van der Waals surface area contributed by atoms with Gasteiger partial charge in [-0.05, 0) is 57.0 Å². The first kappa shape index (κ1) is 31.4. The molecule has 0 bridgehead atoms. The number of nitrogens with zero attached hydrogens (tertiary/aromatic N) is 5. The van der Waals surface area contributed by atoms with Gasteiger partial charge in [-0.15, -0.1) is 0 Å². The Morgan fingerprint density at radius 3 is 2.80 bits per heavy atom. The van der Waals surface area contributed by atoms with Gasteiger partial charge >= 0.3 is 6.03 Å². The Balaban J connectivity index is 1.81. The fourth-order valence-electron chi connectivity index (χ4n) is 4.60. The highest BCUT2D eigenvalue weighted by Gasteiger charge is 2.28. The number of nitrogens with one attached hydrogen (secondary N) is 3. The van der Waals surface area contributed by atoms with Crippen LogP contribution in [0.1, 0.15) is 48.3 Å². The van der Waals surface area contributed by atoms with Crippen LogP contribution in [0.4, 0.5) is 10.6 Å². The lowest BCUT2D eigenvalue weighted by Gasteiger charge is -2.33. The van der Waals surface area contributed by atoms with Crippen molar-refractivity contribution in [3.8, 4) is 6.07 Å². The van der Waals surface area contributed by atoms with Gasteiger partial charge in [0.15, 0.2) is 6.29 Å². The number of aromatic nitrogens is 1. The molecular weight excluding hydrogens is 528 g/mol. The first-order chi connectivity index (χ1) is 19.8. The van der Waals surface area contributed by atoms with Crippen LogP contribution >= 0.6 is 0 Å². The number of nitriles is 1. The van der Waals surface area contributed by atoms with Crippen molar-refractivity contribution < 1.29 is 24.4 Å². The predicted octanol–water partition coefficient (Wildman–Crippen LogP) is 1.78. The van der Waals surface area contributed by atoms with E-state index in [2.05, 4.69) is 21.7 Å². The number of aryl methyl sites for hydroxylation is 1. The van der Waals surface area contributed by atoms with Gasteiger partial charge in [0.05, 0.1) is 24.4 Å². The van der Waals surface area contributed by atoms with Gasteiger partial charge in [0, 0.05) is 44.0 Å². The maximum atomic E-state index is 13.4. The number of anilines is 1. The number of allylic oxidation sites excluding steroid dienone is 5. The van der Waals surface area contributed by atoms with Crippen LogP contribution in [0.3, 0.4) is 0 Å². The van der Waals surface area contributed by atoms with Crippen LogP contribution in [0.15, 0.2) is 41.3 Å². The van der Waals surface area contributed by atoms with Crippen molar-refractivity contribution in [3.63, 3.8) is 0 Å². The van der Waals surface area contributed by atoms with Crippen molar-refractivity contribution in [2.75, 3.05) is 51.3 Å². The van der Waals surface area contributed by atoms with Crippen LogP contribution in [-0.2, 0) is 22.6 Å². The zero-order chi connectivity index (χ0) is 29.8. The third kappa shape index (κ3) is 8.70. The summed E-state index contributed by atoms with van der Waals surface area (Å²) in [6, 6.07) is 3.62. The molecule has 3 heterocycles. The van der Waals surface area contributed by atoms with Crippen LogP contribution in [0.2, 0.25) is 0 Å². The first-order valence-electron chi connectivity index (χ1n) is 13.6. The lowest BCUT2D eigenvalue weighted by atomic mass is 10.0. The molecule has 1 saturated heterocycles. The molecule has 0 atom stereocenters. The van der Waals surface area contributed by atoms with E-state index in [1.807, 2.05) is 31.0 Å². The molecule has 2 aliphatic rings. The molecule has 41 heavy (non-hydrogen) atoms. The molecule has 0 aromatic carbocycles. The zero-order valence-electron chi connectivity index (χ0n) is 23.8. The van der Waals surface area contributed by atoms with E-state index in [9.17, 15) is 19.6 Å². The average molecular weight is 567 g/mol. The number of piperazine rings is 1. The number of aldehydes is 1. The second kappa shape index (κ2) is 15.6. The molecule has 0 saturated carbocycles. The molecule has 3 amide bonds. The van der Waals surface area contributed by atoms with Crippen molar-refractivity contribution in [2.45, 2.75) is 39.7 Å². The number of amides is 3. The number of carbonyl (C=O) groups is 3. The van der Waals surface area contributed by atoms with Crippen LogP contribution in [0.25, 0.3) is 0 Å².